The Balaban J connectivity index is 2.18. The lowest BCUT2D eigenvalue weighted by atomic mass is 10.2. The van der Waals surface area contributed by atoms with Crippen molar-refractivity contribution in [2.75, 3.05) is 0 Å². The molecule has 0 fully saturated rings. The molecule has 0 saturated heterocycles. The van der Waals surface area contributed by atoms with E-state index in [1.807, 2.05) is 24.3 Å². The Labute approximate surface area is 149 Å². The number of ether oxygens (including phenoxy) is 1. The quantitative estimate of drug-likeness (QED) is 0.614. The van der Waals surface area contributed by atoms with Gasteiger partial charge in [-0.1, -0.05) is 29.8 Å². The predicted molar refractivity (Wildman–Crippen MR) is 94.3 cm³/mol. The number of benzene rings is 2. The van der Waals surface area contributed by atoms with Crippen molar-refractivity contribution >= 4 is 55.5 Å². The maximum Gasteiger partial charge on any atom is 0.328 e. The molecule has 0 saturated carbocycles. The number of carboxylic acid groups (broad SMARTS) is 1. The average Bonchev–Trinajstić information content (AvgIpc) is 2.46. The second-order valence-corrected chi connectivity index (χ2v) is 6.48. The van der Waals surface area contributed by atoms with Crippen molar-refractivity contribution in [2.45, 2.75) is 6.61 Å². The van der Waals surface area contributed by atoms with Crippen molar-refractivity contribution in [1.29, 1.82) is 0 Å². The van der Waals surface area contributed by atoms with Crippen LogP contribution in [0.4, 0.5) is 0 Å². The zero-order valence-corrected chi connectivity index (χ0v) is 15.2. The van der Waals surface area contributed by atoms with E-state index < -0.39 is 5.97 Å². The largest absolute Gasteiger partial charge is 0.486 e. The first-order chi connectivity index (χ1) is 10.5. The van der Waals surface area contributed by atoms with E-state index in [-0.39, 0.29) is 0 Å². The first-order valence-corrected chi connectivity index (χ1v) is 8.20. The van der Waals surface area contributed by atoms with E-state index in [0.29, 0.717) is 17.4 Å². The SMILES string of the molecule is O=C(O)/C=C/c1cc(Br)c(OCc2ccccc2Cl)c(Br)c1. The second-order valence-electron chi connectivity index (χ2n) is 4.37. The Morgan fingerprint density at radius 3 is 2.45 bits per heavy atom. The molecule has 22 heavy (non-hydrogen) atoms. The van der Waals surface area contributed by atoms with Crippen LogP contribution in [0.25, 0.3) is 6.08 Å². The van der Waals surface area contributed by atoms with Crippen LogP contribution in [0.15, 0.2) is 51.4 Å². The molecule has 0 spiro atoms. The van der Waals surface area contributed by atoms with Gasteiger partial charge in [0.25, 0.3) is 0 Å². The fourth-order valence-corrected chi connectivity index (χ4v) is 3.39. The molecule has 0 aliphatic carbocycles. The zero-order valence-electron chi connectivity index (χ0n) is 11.2. The van der Waals surface area contributed by atoms with Gasteiger partial charge in [-0.3, -0.25) is 0 Å². The Bertz CT molecular complexity index is 706. The van der Waals surface area contributed by atoms with Gasteiger partial charge >= 0.3 is 5.97 Å². The van der Waals surface area contributed by atoms with Crippen LogP contribution in [0.5, 0.6) is 5.75 Å². The lowest BCUT2D eigenvalue weighted by molar-refractivity contribution is -0.131. The number of aliphatic carboxylic acids is 1. The summed E-state index contributed by atoms with van der Waals surface area (Å²) in [6, 6.07) is 11.0. The zero-order chi connectivity index (χ0) is 16.1. The smallest absolute Gasteiger partial charge is 0.328 e. The molecule has 2 aromatic rings. The van der Waals surface area contributed by atoms with Gasteiger partial charge in [0.05, 0.1) is 8.95 Å². The van der Waals surface area contributed by atoms with Gasteiger partial charge in [0.2, 0.25) is 0 Å². The van der Waals surface area contributed by atoms with Crippen molar-refractivity contribution in [3.63, 3.8) is 0 Å². The minimum Gasteiger partial charge on any atom is -0.486 e. The number of halogens is 3. The van der Waals surface area contributed by atoms with Gasteiger partial charge in [-0.25, -0.2) is 4.79 Å². The fourth-order valence-electron chi connectivity index (χ4n) is 1.75. The van der Waals surface area contributed by atoms with Crippen LogP contribution in [-0.4, -0.2) is 11.1 Å². The summed E-state index contributed by atoms with van der Waals surface area (Å²) < 4.78 is 7.24. The highest BCUT2D eigenvalue weighted by molar-refractivity contribution is 9.11. The first kappa shape index (κ1) is 17.1. The summed E-state index contributed by atoms with van der Waals surface area (Å²) in [5, 5.41) is 9.31. The van der Waals surface area contributed by atoms with Gasteiger partial charge < -0.3 is 9.84 Å². The normalized spacial score (nSPS) is 10.9. The standard InChI is InChI=1S/C16H11Br2ClO3/c17-12-7-10(5-6-15(20)21)8-13(18)16(12)22-9-11-3-1-2-4-14(11)19/h1-8H,9H2,(H,20,21)/b6-5+. The Kier molecular flexibility index (Phi) is 6.06. The summed E-state index contributed by atoms with van der Waals surface area (Å²) in [4.78, 5) is 10.6. The fraction of sp³-hybridized carbons (Fsp3) is 0.0625. The van der Waals surface area contributed by atoms with Crippen LogP contribution < -0.4 is 4.74 Å². The molecule has 1 N–H and O–H groups in total. The lowest BCUT2D eigenvalue weighted by Gasteiger charge is -2.12. The topological polar surface area (TPSA) is 46.5 Å². The number of rotatable bonds is 5. The summed E-state index contributed by atoms with van der Waals surface area (Å²) in [7, 11) is 0. The minimum atomic E-state index is -0.994. The molecule has 0 unspecified atom stereocenters. The van der Waals surface area contributed by atoms with Gasteiger partial charge in [0.1, 0.15) is 12.4 Å². The van der Waals surface area contributed by atoms with E-state index in [9.17, 15) is 4.79 Å². The molecular formula is C16H11Br2ClO3. The maximum absolute atomic E-state index is 10.6. The average molecular weight is 447 g/mol. The molecule has 0 heterocycles. The molecule has 0 bridgehead atoms. The molecule has 0 aromatic heterocycles. The summed E-state index contributed by atoms with van der Waals surface area (Å²) in [5.41, 5.74) is 1.63. The van der Waals surface area contributed by atoms with Gasteiger partial charge in [0.15, 0.2) is 0 Å². The summed E-state index contributed by atoms with van der Waals surface area (Å²) >= 11 is 13.0. The predicted octanol–water partition coefficient (Wildman–Crippen LogP) is 5.54. The van der Waals surface area contributed by atoms with Crippen molar-refractivity contribution in [2.24, 2.45) is 0 Å². The molecule has 0 radical (unpaired) electrons. The monoisotopic (exact) mass is 444 g/mol. The van der Waals surface area contributed by atoms with Gasteiger partial charge in [-0.05, 0) is 61.7 Å². The maximum atomic E-state index is 10.6. The molecule has 6 heteroatoms. The first-order valence-electron chi connectivity index (χ1n) is 6.23. The third-order valence-electron chi connectivity index (χ3n) is 2.77. The van der Waals surface area contributed by atoms with E-state index in [0.717, 1.165) is 26.1 Å². The highest BCUT2D eigenvalue weighted by Crippen LogP contribution is 2.36. The van der Waals surface area contributed by atoms with Crippen molar-refractivity contribution in [3.05, 3.63) is 67.6 Å². The van der Waals surface area contributed by atoms with Gasteiger partial charge in [-0.2, -0.15) is 0 Å². The van der Waals surface area contributed by atoms with Crippen LogP contribution >= 0.6 is 43.5 Å². The van der Waals surface area contributed by atoms with Crippen molar-refractivity contribution in [3.8, 4) is 5.75 Å². The van der Waals surface area contributed by atoms with E-state index in [4.69, 9.17) is 21.4 Å². The second kappa shape index (κ2) is 7.81. The molecule has 2 aromatic carbocycles. The van der Waals surface area contributed by atoms with E-state index in [1.54, 1.807) is 12.1 Å². The third-order valence-corrected chi connectivity index (χ3v) is 4.32. The summed E-state index contributed by atoms with van der Waals surface area (Å²) in [5.74, 6) is -0.362. The Morgan fingerprint density at radius 1 is 1.23 bits per heavy atom. The van der Waals surface area contributed by atoms with E-state index >= 15 is 0 Å². The lowest BCUT2D eigenvalue weighted by Crippen LogP contribution is -1.98. The van der Waals surface area contributed by atoms with Crippen LogP contribution in [0.3, 0.4) is 0 Å². The number of carbonyl (C=O) groups is 1. The summed E-state index contributed by atoms with van der Waals surface area (Å²) in [6.07, 6.45) is 2.59. The molecule has 0 amide bonds. The Hall–Kier alpha value is -1.30. The van der Waals surface area contributed by atoms with Crippen LogP contribution in [-0.2, 0) is 11.4 Å². The molecule has 0 aliphatic rings. The molecule has 0 aliphatic heterocycles. The number of hydrogen-bond donors (Lipinski definition) is 1. The highest BCUT2D eigenvalue weighted by atomic mass is 79.9. The third kappa shape index (κ3) is 4.60. The number of carboxylic acids is 1. The van der Waals surface area contributed by atoms with Crippen LogP contribution in [0, 0.1) is 0 Å². The van der Waals surface area contributed by atoms with Crippen LogP contribution in [0.1, 0.15) is 11.1 Å². The minimum absolute atomic E-state index is 0.335. The summed E-state index contributed by atoms with van der Waals surface area (Å²) in [6.45, 7) is 0.335. The highest BCUT2D eigenvalue weighted by Gasteiger charge is 2.09. The van der Waals surface area contributed by atoms with Gasteiger partial charge in [0, 0.05) is 16.7 Å². The molecule has 3 nitrogen and oxygen atoms in total. The van der Waals surface area contributed by atoms with Crippen LogP contribution in [0.2, 0.25) is 5.02 Å². The Morgan fingerprint density at radius 2 is 1.86 bits per heavy atom. The number of hydrogen-bond acceptors (Lipinski definition) is 2. The molecule has 0 atom stereocenters. The van der Waals surface area contributed by atoms with E-state index in [2.05, 4.69) is 31.9 Å². The van der Waals surface area contributed by atoms with E-state index in [1.165, 1.54) is 6.08 Å². The molecule has 2 rings (SSSR count). The van der Waals surface area contributed by atoms with Crippen molar-refractivity contribution in [1.82, 2.24) is 0 Å². The molecular weight excluding hydrogens is 435 g/mol. The molecule has 114 valence electrons. The van der Waals surface area contributed by atoms with Gasteiger partial charge in [-0.15, -0.1) is 0 Å². The van der Waals surface area contributed by atoms with Crippen molar-refractivity contribution < 1.29 is 14.6 Å².